The number of hydrogen-bond donors (Lipinski definition) is 2. The lowest BCUT2D eigenvalue weighted by molar-refractivity contribution is -0.137. The molecule has 164 valence electrons. The maximum atomic E-state index is 13.0. The fourth-order valence-electron chi connectivity index (χ4n) is 2.11. The number of carbonyl (C=O) groups is 1. The first-order valence-corrected chi connectivity index (χ1v) is 9.62. The molecule has 11 heteroatoms. The van der Waals surface area contributed by atoms with Gasteiger partial charge in [-0.1, -0.05) is 6.08 Å². The Morgan fingerprint density at radius 2 is 1.69 bits per heavy atom. The van der Waals surface area contributed by atoms with E-state index in [4.69, 9.17) is 0 Å². The third-order valence-corrected chi connectivity index (χ3v) is 5.26. The smallest absolute Gasteiger partial charge is 0.352 e. The molecule has 4 nitrogen and oxygen atoms in total. The van der Waals surface area contributed by atoms with Gasteiger partial charge in [-0.25, -0.2) is 4.21 Å². The topological polar surface area (TPSA) is 58.2 Å². The van der Waals surface area contributed by atoms with Crippen molar-refractivity contribution >= 4 is 22.6 Å². The van der Waals surface area contributed by atoms with Gasteiger partial charge in [-0.2, -0.15) is 26.3 Å². The highest BCUT2D eigenvalue weighted by atomic mass is 32.2. The molecular formula is C18H22F6N2O2S. The van der Waals surface area contributed by atoms with Crippen molar-refractivity contribution in [3.63, 3.8) is 0 Å². The monoisotopic (exact) mass is 444 g/mol. The lowest BCUT2D eigenvalue weighted by Crippen LogP contribution is -2.30. The molecule has 1 aromatic carbocycles. The Morgan fingerprint density at radius 3 is 2.14 bits per heavy atom. The maximum Gasteiger partial charge on any atom is 0.416 e. The van der Waals surface area contributed by atoms with E-state index in [0.717, 1.165) is 12.1 Å². The average Bonchev–Trinajstić information content (AvgIpc) is 2.55. The van der Waals surface area contributed by atoms with Crippen LogP contribution in [0.3, 0.4) is 0 Å². The summed E-state index contributed by atoms with van der Waals surface area (Å²) in [6, 6.07) is 2.21. The number of anilines is 1. The number of benzene rings is 1. The van der Waals surface area contributed by atoms with E-state index in [9.17, 15) is 35.3 Å². The van der Waals surface area contributed by atoms with Gasteiger partial charge in [-0.3, -0.25) is 4.79 Å². The second kappa shape index (κ2) is 9.19. The van der Waals surface area contributed by atoms with Gasteiger partial charge < -0.3 is 10.0 Å². The zero-order chi connectivity index (χ0) is 22.6. The van der Waals surface area contributed by atoms with Gasteiger partial charge in [0.1, 0.15) is 11.0 Å². The van der Waals surface area contributed by atoms with Gasteiger partial charge in [0.15, 0.2) is 0 Å². The van der Waals surface area contributed by atoms with Gasteiger partial charge in [-0.05, 0) is 52.3 Å². The molecule has 0 aromatic heterocycles. The molecule has 0 radical (unpaired) electrons. The highest BCUT2D eigenvalue weighted by Gasteiger charge is 2.33. The standard InChI is InChI=1S/C18H22F6N2O2S/c1-5-11(17(19,20)21)8-9-25-15(27)13-7-6-12(18(22,23)24)10-14(13)26-29(28)16(2,3)4/h5-7,10,26H,8-9H2,1-4H3,(H,25,27)/b11-5+. The number of halogens is 6. The van der Waals surface area contributed by atoms with Crippen molar-refractivity contribution < 1.29 is 35.3 Å². The summed E-state index contributed by atoms with van der Waals surface area (Å²) in [4.78, 5) is 12.3. The highest BCUT2D eigenvalue weighted by Crippen LogP contribution is 2.33. The van der Waals surface area contributed by atoms with Crippen LogP contribution in [-0.2, 0) is 17.2 Å². The van der Waals surface area contributed by atoms with Crippen molar-refractivity contribution in [1.82, 2.24) is 5.32 Å². The zero-order valence-corrected chi connectivity index (χ0v) is 17.0. The third-order valence-electron chi connectivity index (χ3n) is 3.74. The van der Waals surface area contributed by atoms with Gasteiger partial charge in [0, 0.05) is 12.1 Å². The average molecular weight is 444 g/mol. The van der Waals surface area contributed by atoms with Crippen LogP contribution in [-0.4, -0.2) is 27.6 Å². The number of alkyl halides is 6. The van der Waals surface area contributed by atoms with Crippen LogP contribution in [0, 0.1) is 0 Å². The molecule has 1 atom stereocenters. The first-order valence-electron chi connectivity index (χ1n) is 8.47. The van der Waals surface area contributed by atoms with E-state index >= 15 is 0 Å². The van der Waals surface area contributed by atoms with Crippen molar-refractivity contribution in [2.24, 2.45) is 0 Å². The van der Waals surface area contributed by atoms with Gasteiger partial charge in [0.05, 0.1) is 21.6 Å². The SMILES string of the molecule is C/C=C(\CCNC(=O)c1ccc(C(F)(F)F)cc1NS(=O)C(C)(C)C)C(F)(F)F. The minimum Gasteiger partial charge on any atom is -0.352 e. The molecular weight excluding hydrogens is 422 g/mol. The molecule has 0 heterocycles. The van der Waals surface area contributed by atoms with Crippen LogP contribution in [0.15, 0.2) is 29.8 Å². The Bertz CT molecular complexity index is 795. The number of nitrogens with one attached hydrogen (secondary N) is 2. The molecule has 0 aliphatic rings. The number of rotatable bonds is 6. The van der Waals surface area contributed by atoms with Crippen LogP contribution in [0.4, 0.5) is 32.0 Å². The molecule has 1 aromatic rings. The molecule has 0 fully saturated rings. The minimum atomic E-state index is -4.69. The van der Waals surface area contributed by atoms with Crippen molar-refractivity contribution in [2.45, 2.75) is 51.2 Å². The number of allylic oxidation sites excluding steroid dienone is 1. The summed E-state index contributed by atoms with van der Waals surface area (Å²) in [5.74, 6) is -0.884. The van der Waals surface area contributed by atoms with Crippen LogP contribution in [0.25, 0.3) is 0 Å². The van der Waals surface area contributed by atoms with Crippen LogP contribution >= 0.6 is 0 Å². The molecule has 0 aliphatic heterocycles. The van der Waals surface area contributed by atoms with Gasteiger partial charge >= 0.3 is 12.4 Å². The summed E-state index contributed by atoms with van der Waals surface area (Å²) in [6.07, 6.45) is -8.85. The first kappa shape index (κ1) is 25.0. The fourth-order valence-corrected chi connectivity index (χ4v) is 2.79. The number of hydrogen-bond acceptors (Lipinski definition) is 2. The predicted octanol–water partition coefficient (Wildman–Crippen LogP) is 5.21. The molecule has 0 spiro atoms. The third kappa shape index (κ3) is 7.37. The molecule has 0 bridgehead atoms. The van der Waals surface area contributed by atoms with Crippen LogP contribution < -0.4 is 10.0 Å². The molecule has 2 N–H and O–H groups in total. The van der Waals surface area contributed by atoms with Gasteiger partial charge in [0.2, 0.25) is 0 Å². The van der Waals surface area contributed by atoms with Crippen molar-refractivity contribution in [1.29, 1.82) is 0 Å². The number of amides is 1. The summed E-state index contributed by atoms with van der Waals surface area (Å²) in [7, 11) is -1.83. The minimum absolute atomic E-state index is 0.260. The Morgan fingerprint density at radius 1 is 1.10 bits per heavy atom. The Kier molecular flexibility index (Phi) is 7.92. The summed E-state index contributed by atoms with van der Waals surface area (Å²) in [6.45, 7) is 5.59. The lowest BCUT2D eigenvalue weighted by Gasteiger charge is -2.21. The second-order valence-corrected chi connectivity index (χ2v) is 9.03. The molecule has 0 saturated heterocycles. The van der Waals surface area contributed by atoms with E-state index in [2.05, 4.69) is 10.0 Å². The predicted molar refractivity (Wildman–Crippen MR) is 99.7 cm³/mol. The van der Waals surface area contributed by atoms with E-state index in [1.165, 1.54) is 6.92 Å². The maximum absolute atomic E-state index is 13.0. The Labute approximate surface area is 167 Å². The molecule has 1 amide bonds. The van der Waals surface area contributed by atoms with Crippen LogP contribution in [0.5, 0.6) is 0 Å². The summed E-state index contributed by atoms with van der Waals surface area (Å²) in [5.41, 5.74) is -2.48. The molecule has 1 unspecified atom stereocenters. The van der Waals surface area contributed by atoms with Gasteiger partial charge in [-0.15, -0.1) is 0 Å². The second-order valence-electron chi connectivity index (χ2n) is 7.06. The largest absolute Gasteiger partial charge is 0.416 e. The van der Waals surface area contributed by atoms with E-state index in [1.54, 1.807) is 20.8 Å². The number of carbonyl (C=O) groups excluding carboxylic acids is 1. The highest BCUT2D eigenvalue weighted by molar-refractivity contribution is 7.87. The summed E-state index contributed by atoms with van der Waals surface area (Å²) in [5, 5.41) is 2.25. The lowest BCUT2D eigenvalue weighted by atomic mass is 10.1. The normalized spacial score (nSPS) is 14.5. The quantitative estimate of drug-likeness (QED) is 0.468. The van der Waals surface area contributed by atoms with Crippen molar-refractivity contribution in [3.05, 3.63) is 41.0 Å². The zero-order valence-electron chi connectivity index (χ0n) is 16.2. The Balaban J connectivity index is 3.09. The van der Waals surface area contributed by atoms with E-state index in [1.807, 2.05) is 0 Å². The fraction of sp³-hybridized carbons (Fsp3) is 0.500. The van der Waals surface area contributed by atoms with Crippen molar-refractivity contribution in [3.8, 4) is 0 Å². The molecule has 0 saturated carbocycles. The first-order chi connectivity index (χ1) is 13.1. The van der Waals surface area contributed by atoms with Gasteiger partial charge in [0.25, 0.3) is 5.91 Å². The summed E-state index contributed by atoms with van der Waals surface area (Å²) >= 11 is 0. The molecule has 0 aliphatic carbocycles. The molecule has 1 rings (SSSR count). The van der Waals surface area contributed by atoms with Crippen molar-refractivity contribution in [2.75, 3.05) is 11.3 Å². The summed E-state index contributed by atoms with van der Waals surface area (Å²) < 4.78 is 91.0. The van der Waals surface area contributed by atoms with Crippen LogP contribution in [0.1, 0.15) is 50.0 Å². The molecule has 29 heavy (non-hydrogen) atoms. The van der Waals surface area contributed by atoms with E-state index in [-0.39, 0.29) is 17.8 Å². The van der Waals surface area contributed by atoms with E-state index < -0.39 is 51.5 Å². The Hall–Kier alpha value is -2.04. The van der Waals surface area contributed by atoms with E-state index in [0.29, 0.717) is 12.1 Å². The van der Waals surface area contributed by atoms with Crippen LogP contribution in [0.2, 0.25) is 0 Å².